The molecule has 2 aromatic rings. The highest BCUT2D eigenvalue weighted by atomic mass is 35.5. The van der Waals surface area contributed by atoms with Gasteiger partial charge in [-0.2, -0.15) is 5.10 Å². The third-order valence-corrected chi connectivity index (χ3v) is 3.82. The average molecular weight is 307 g/mol. The van der Waals surface area contributed by atoms with E-state index in [2.05, 4.69) is 46.5 Å². The Morgan fingerprint density at radius 3 is 2.71 bits per heavy atom. The number of rotatable bonds is 6. The molecule has 0 saturated heterocycles. The second kappa shape index (κ2) is 6.96. The van der Waals surface area contributed by atoms with Gasteiger partial charge >= 0.3 is 0 Å². The van der Waals surface area contributed by atoms with Crippen molar-refractivity contribution in [2.75, 3.05) is 25.5 Å². The van der Waals surface area contributed by atoms with Crippen molar-refractivity contribution in [1.29, 1.82) is 0 Å². The summed E-state index contributed by atoms with van der Waals surface area (Å²) < 4.78 is 1.85. The van der Waals surface area contributed by atoms with Crippen LogP contribution in [0.5, 0.6) is 0 Å². The number of hydrogen-bond donors (Lipinski definition) is 1. The number of hydrogen-bond acceptors (Lipinski definition) is 3. The first-order chi connectivity index (χ1) is 10.0. The Labute approximate surface area is 131 Å². The lowest BCUT2D eigenvalue weighted by Crippen LogP contribution is -2.26. The van der Waals surface area contributed by atoms with E-state index in [1.165, 1.54) is 11.3 Å². The van der Waals surface area contributed by atoms with Crippen LogP contribution in [0.4, 0.5) is 5.69 Å². The smallest absolute Gasteiger partial charge is 0.0837 e. The fourth-order valence-electron chi connectivity index (χ4n) is 2.39. The highest BCUT2D eigenvalue weighted by molar-refractivity contribution is 6.31. The van der Waals surface area contributed by atoms with Crippen LogP contribution in [0.2, 0.25) is 5.02 Å². The van der Waals surface area contributed by atoms with Gasteiger partial charge in [0.15, 0.2) is 0 Å². The van der Waals surface area contributed by atoms with Crippen LogP contribution in [-0.2, 0) is 7.05 Å². The fraction of sp³-hybridized carbons (Fsp3) is 0.438. The summed E-state index contributed by atoms with van der Waals surface area (Å²) in [6, 6.07) is 8.55. The van der Waals surface area contributed by atoms with Gasteiger partial charge in [-0.25, -0.2) is 0 Å². The van der Waals surface area contributed by atoms with Gasteiger partial charge in [-0.3, -0.25) is 4.68 Å². The van der Waals surface area contributed by atoms with E-state index in [1.54, 1.807) is 6.20 Å². The number of aromatic nitrogens is 2. The molecular formula is C16H23ClN4. The molecule has 0 amide bonds. The van der Waals surface area contributed by atoms with Gasteiger partial charge in [0.25, 0.3) is 0 Å². The lowest BCUT2D eigenvalue weighted by atomic mass is 10.0. The summed E-state index contributed by atoms with van der Waals surface area (Å²) in [7, 11) is 6.02. The molecule has 5 heteroatoms. The molecule has 0 spiro atoms. The topological polar surface area (TPSA) is 33.1 Å². The monoisotopic (exact) mass is 306 g/mol. The standard InChI is InChI=1S/C16H23ClN4/c1-5-9-18-15(16-14(17)11-19-21(16)4)12-7-6-8-13(10-12)20(2)3/h6-8,10-11,15,18H,5,9H2,1-4H3. The number of nitrogens with one attached hydrogen (secondary N) is 1. The van der Waals surface area contributed by atoms with E-state index < -0.39 is 0 Å². The van der Waals surface area contributed by atoms with Gasteiger partial charge < -0.3 is 10.2 Å². The van der Waals surface area contributed by atoms with E-state index in [0.717, 1.165) is 18.7 Å². The van der Waals surface area contributed by atoms with Crippen LogP contribution in [-0.4, -0.2) is 30.4 Å². The molecule has 0 aliphatic rings. The van der Waals surface area contributed by atoms with E-state index in [1.807, 2.05) is 25.8 Å². The Morgan fingerprint density at radius 2 is 2.14 bits per heavy atom. The van der Waals surface area contributed by atoms with Gasteiger partial charge in [0.1, 0.15) is 0 Å². The Balaban J connectivity index is 2.43. The maximum atomic E-state index is 6.34. The quantitative estimate of drug-likeness (QED) is 0.889. The summed E-state index contributed by atoms with van der Waals surface area (Å²) in [5, 5.41) is 8.53. The van der Waals surface area contributed by atoms with Gasteiger partial charge in [-0.1, -0.05) is 30.7 Å². The summed E-state index contributed by atoms with van der Waals surface area (Å²) in [5.74, 6) is 0. The molecule has 1 N–H and O–H groups in total. The van der Waals surface area contributed by atoms with E-state index in [-0.39, 0.29) is 6.04 Å². The molecule has 4 nitrogen and oxygen atoms in total. The summed E-state index contributed by atoms with van der Waals surface area (Å²) >= 11 is 6.34. The molecule has 1 atom stereocenters. The lowest BCUT2D eigenvalue weighted by Gasteiger charge is -2.22. The number of benzene rings is 1. The van der Waals surface area contributed by atoms with Crippen molar-refractivity contribution >= 4 is 17.3 Å². The third kappa shape index (κ3) is 3.57. The predicted octanol–water partition coefficient (Wildman–Crippen LogP) is 3.23. The molecule has 0 bridgehead atoms. The molecule has 1 unspecified atom stereocenters. The van der Waals surface area contributed by atoms with Crippen LogP contribution in [0.3, 0.4) is 0 Å². The van der Waals surface area contributed by atoms with Crippen LogP contribution >= 0.6 is 11.6 Å². The van der Waals surface area contributed by atoms with Crippen molar-refractivity contribution in [2.24, 2.45) is 7.05 Å². The van der Waals surface area contributed by atoms with Crippen molar-refractivity contribution in [3.05, 3.63) is 46.7 Å². The second-order valence-electron chi connectivity index (χ2n) is 5.38. The largest absolute Gasteiger partial charge is 0.378 e. The molecule has 1 heterocycles. The van der Waals surface area contributed by atoms with Crippen LogP contribution in [0.25, 0.3) is 0 Å². The lowest BCUT2D eigenvalue weighted by molar-refractivity contribution is 0.554. The molecule has 114 valence electrons. The van der Waals surface area contributed by atoms with E-state index in [9.17, 15) is 0 Å². The molecule has 0 aliphatic carbocycles. The molecule has 1 aromatic heterocycles. The van der Waals surface area contributed by atoms with E-state index in [4.69, 9.17) is 11.6 Å². The van der Waals surface area contributed by atoms with Crippen molar-refractivity contribution in [1.82, 2.24) is 15.1 Å². The Morgan fingerprint density at radius 1 is 1.38 bits per heavy atom. The molecule has 21 heavy (non-hydrogen) atoms. The average Bonchev–Trinajstić information content (AvgIpc) is 2.80. The van der Waals surface area contributed by atoms with Crippen molar-refractivity contribution < 1.29 is 0 Å². The van der Waals surface area contributed by atoms with Crippen LogP contribution in [0.1, 0.15) is 30.6 Å². The minimum absolute atomic E-state index is 0.0462. The Kier molecular flexibility index (Phi) is 5.26. The zero-order valence-corrected chi connectivity index (χ0v) is 13.9. The number of aryl methyl sites for hydroxylation is 1. The maximum absolute atomic E-state index is 6.34. The van der Waals surface area contributed by atoms with Gasteiger partial charge in [0.05, 0.1) is 23.0 Å². The normalized spacial score (nSPS) is 12.4. The maximum Gasteiger partial charge on any atom is 0.0837 e. The summed E-state index contributed by atoms with van der Waals surface area (Å²) in [4.78, 5) is 2.10. The zero-order valence-electron chi connectivity index (χ0n) is 13.1. The minimum Gasteiger partial charge on any atom is -0.378 e. The highest BCUT2D eigenvalue weighted by Gasteiger charge is 2.20. The van der Waals surface area contributed by atoms with Crippen molar-refractivity contribution in [3.63, 3.8) is 0 Å². The second-order valence-corrected chi connectivity index (χ2v) is 5.79. The van der Waals surface area contributed by atoms with Crippen molar-refractivity contribution in [3.8, 4) is 0 Å². The van der Waals surface area contributed by atoms with Crippen LogP contribution in [0.15, 0.2) is 30.5 Å². The summed E-state index contributed by atoms with van der Waals surface area (Å²) in [6.45, 7) is 3.09. The predicted molar refractivity (Wildman–Crippen MR) is 89.1 cm³/mol. The van der Waals surface area contributed by atoms with Gasteiger partial charge in [0, 0.05) is 26.8 Å². The van der Waals surface area contributed by atoms with E-state index >= 15 is 0 Å². The fourth-order valence-corrected chi connectivity index (χ4v) is 2.66. The van der Waals surface area contributed by atoms with Gasteiger partial charge in [-0.15, -0.1) is 0 Å². The molecule has 0 aliphatic heterocycles. The summed E-state index contributed by atoms with van der Waals surface area (Å²) in [5.41, 5.74) is 3.37. The zero-order chi connectivity index (χ0) is 15.4. The third-order valence-electron chi connectivity index (χ3n) is 3.53. The Bertz CT molecular complexity index is 572. The minimum atomic E-state index is 0.0462. The van der Waals surface area contributed by atoms with Crippen LogP contribution < -0.4 is 10.2 Å². The Hall–Kier alpha value is -1.52. The number of anilines is 1. The van der Waals surface area contributed by atoms with E-state index in [0.29, 0.717) is 5.02 Å². The van der Waals surface area contributed by atoms with Crippen molar-refractivity contribution in [2.45, 2.75) is 19.4 Å². The van der Waals surface area contributed by atoms with Crippen LogP contribution in [0, 0.1) is 0 Å². The molecule has 0 radical (unpaired) electrons. The number of halogens is 1. The van der Waals surface area contributed by atoms with Gasteiger partial charge in [-0.05, 0) is 30.7 Å². The SMILES string of the molecule is CCCNC(c1cccc(N(C)C)c1)c1c(Cl)cnn1C. The molecular weight excluding hydrogens is 284 g/mol. The summed E-state index contributed by atoms with van der Waals surface area (Å²) in [6.07, 6.45) is 2.77. The molecule has 1 aromatic carbocycles. The van der Waals surface area contributed by atoms with Gasteiger partial charge in [0.2, 0.25) is 0 Å². The molecule has 2 rings (SSSR count). The first-order valence-corrected chi connectivity index (χ1v) is 7.60. The first-order valence-electron chi connectivity index (χ1n) is 7.22. The highest BCUT2D eigenvalue weighted by Crippen LogP contribution is 2.29. The first kappa shape index (κ1) is 15.9. The number of nitrogens with zero attached hydrogens (tertiary/aromatic N) is 3. The molecule has 0 fully saturated rings. The molecule has 0 saturated carbocycles.